The van der Waals surface area contributed by atoms with E-state index in [4.69, 9.17) is 9.47 Å². The van der Waals surface area contributed by atoms with Crippen molar-refractivity contribution in [1.82, 2.24) is 5.32 Å². The molecule has 1 aliphatic heterocycles. The Hall–Kier alpha value is -2.49. The SMILES string of the molecule is Cc1ccc2c(c1)CCC(CNC(=O)OCc1ccccc1)O2. The van der Waals surface area contributed by atoms with Gasteiger partial charge >= 0.3 is 6.09 Å². The molecule has 0 fully saturated rings. The highest BCUT2D eigenvalue weighted by molar-refractivity contribution is 5.67. The minimum absolute atomic E-state index is 0.00511. The molecule has 0 saturated heterocycles. The average molecular weight is 311 g/mol. The second kappa shape index (κ2) is 7.18. The lowest BCUT2D eigenvalue weighted by Crippen LogP contribution is -2.37. The van der Waals surface area contributed by atoms with Crippen LogP contribution in [0.2, 0.25) is 0 Å². The number of fused-ring (bicyclic) bond motifs is 1. The van der Waals surface area contributed by atoms with Gasteiger partial charge in [0.25, 0.3) is 0 Å². The predicted molar refractivity (Wildman–Crippen MR) is 88.5 cm³/mol. The van der Waals surface area contributed by atoms with Crippen LogP contribution >= 0.6 is 0 Å². The molecule has 1 N–H and O–H groups in total. The molecule has 1 unspecified atom stereocenters. The highest BCUT2D eigenvalue weighted by Gasteiger charge is 2.20. The van der Waals surface area contributed by atoms with E-state index in [9.17, 15) is 4.79 Å². The van der Waals surface area contributed by atoms with Gasteiger partial charge in [0.15, 0.2) is 0 Å². The van der Waals surface area contributed by atoms with Crippen LogP contribution in [0.4, 0.5) is 4.79 Å². The van der Waals surface area contributed by atoms with E-state index in [0.717, 1.165) is 24.2 Å². The third-order valence-corrected chi connectivity index (χ3v) is 3.93. The van der Waals surface area contributed by atoms with Crippen LogP contribution in [0.3, 0.4) is 0 Å². The Morgan fingerprint density at radius 2 is 2.09 bits per heavy atom. The number of carbonyl (C=O) groups is 1. The molecule has 4 nitrogen and oxygen atoms in total. The van der Waals surface area contributed by atoms with Crippen LogP contribution in [0.25, 0.3) is 0 Å². The number of nitrogens with one attached hydrogen (secondary N) is 1. The molecule has 1 amide bonds. The smallest absolute Gasteiger partial charge is 0.407 e. The zero-order chi connectivity index (χ0) is 16.1. The van der Waals surface area contributed by atoms with Crippen LogP contribution in [-0.2, 0) is 17.8 Å². The summed E-state index contributed by atoms with van der Waals surface area (Å²) in [7, 11) is 0. The molecule has 0 spiro atoms. The first-order valence-corrected chi connectivity index (χ1v) is 7.91. The fourth-order valence-electron chi connectivity index (χ4n) is 2.69. The van der Waals surface area contributed by atoms with Crippen LogP contribution in [0.5, 0.6) is 5.75 Å². The van der Waals surface area contributed by atoms with Gasteiger partial charge in [-0.1, -0.05) is 48.0 Å². The van der Waals surface area contributed by atoms with E-state index in [0.29, 0.717) is 6.54 Å². The quantitative estimate of drug-likeness (QED) is 0.938. The lowest BCUT2D eigenvalue weighted by molar-refractivity contribution is 0.126. The molecular formula is C19H21NO3. The highest BCUT2D eigenvalue weighted by Crippen LogP contribution is 2.28. The molecule has 0 radical (unpaired) electrons. The Labute approximate surface area is 136 Å². The molecule has 1 aliphatic rings. The Bertz CT molecular complexity index is 670. The normalized spacial score (nSPS) is 16.1. The second-order valence-electron chi connectivity index (χ2n) is 5.83. The molecule has 0 saturated carbocycles. The minimum Gasteiger partial charge on any atom is -0.488 e. The molecule has 23 heavy (non-hydrogen) atoms. The maximum absolute atomic E-state index is 11.8. The van der Waals surface area contributed by atoms with Crippen molar-refractivity contribution in [3.05, 3.63) is 65.2 Å². The molecule has 2 aromatic rings. The lowest BCUT2D eigenvalue weighted by atomic mass is 10.0. The van der Waals surface area contributed by atoms with Crippen LogP contribution in [0.15, 0.2) is 48.5 Å². The number of carbonyl (C=O) groups excluding carboxylic acids is 1. The molecule has 3 rings (SSSR count). The molecule has 1 heterocycles. The topological polar surface area (TPSA) is 47.6 Å². The average Bonchev–Trinajstić information content (AvgIpc) is 2.59. The van der Waals surface area contributed by atoms with E-state index in [1.54, 1.807) is 0 Å². The summed E-state index contributed by atoms with van der Waals surface area (Å²) in [5.41, 5.74) is 3.46. The fraction of sp³-hybridized carbons (Fsp3) is 0.316. The molecule has 0 aromatic heterocycles. The van der Waals surface area contributed by atoms with Gasteiger partial charge in [0.2, 0.25) is 0 Å². The van der Waals surface area contributed by atoms with Crippen molar-refractivity contribution in [2.75, 3.05) is 6.54 Å². The summed E-state index contributed by atoms with van der Waals surface area (Å²) < 4.78 is 11.1. The van der Waals surface area contributed by atoms with E-state index in [1.165, 1.54) is 11.1 Å². The number of benzene rings is 2. The highest BCUT2D eigenvalue weighted by atomic mass is 16.5. The molecule has 120 valence electrons. The number of ether oxygens (including phenoxy) is 2. The van der Waals surface area contributed by atoms with E-state index >= 15 is 0 Å². The van der Waals surface area contributed by atoms with E-state index in [-0.39, 0.29) is 12.7 Å². The van der Waals surface area contributed by atoms with Gasteiger partial charge in [-0.15, -0.1) is 0 Å². The molecule has 4 heteroatoms. The molecule has 1 atom stereocenters. The zero-order valence-electron chi connectivity index (χ0n) is 13.2. The van der Waals surface area contributed by atoms with Gasteiger partial charge in [-0.25, -0.2) is 4.79 Å². The van der Waals surface area contributed by atoms with Crippen molar-refractivity contribution in [1.29, 1.82) is 0 Å². The van der Waals surface area contributed by atoms with E-state index < -0.39 is 6.09 Å². The first kappa shape index (κ1) is 15.4. The zero-order valence-corrected chi connectivity index (χ0v) is 13.2. The van der Waals surface area contributed by atoms with Gasteiger partial charge in [-0.05, 0) is 37.0 Å². The lowest BCUT2D eigenvalue weighted by Gasteiger charge is -2.26. The first-order valence-electron chi connectivity index (χ1n) is 7.91. The van der Waals surface area contributed by atoms with Crippen molar-refractivity contribution in [3.8, 4) is 5.75 Å². The molecule has 0 aliphatic carbocycles. The maximum Gasteiger partial charge on any atom is 0.407 e. The van der Waals surface area contributed by atoms with Crippen LogP contribution in [-0.4, -0.2) is 18.7 Å². The Kier molecular flexibility index (Phi) is 4.81. The van der Waals surface area contributed by atoms with Gasteiger partial charge < -0.3 is 14.8 Å². The van der Waals surface area contributed by atoms with Crippen molar-refractivity contribution in [3.63, 3.8) is 0 Å². The van der Waals surface area contributed by atoms with Gasteiger partial charge in [-0.2, -0.15) is 0 Å². The van der Waals surface area contributed by atoms with Gasteiger partial charge in [0, 0.05) is 0 Å². The minimum atomic E-state index is -0.410. The second-order valence-corrected chi connectivity index (χ2v) is 5.83. The monoisotopic (exact) mass is 311 g/mol. The summed E-state index contributed by atoms with van der Waals surface area (Å²) in [5.74, 6) is 0.923. The van der Waals surface area contributed by atoms with Crippen molar-refractivity contribution in [2.45, 2.75) is 32.5 Å². The number of amides is 1. The largest absolute Gasteiger partial charge is 0.488 e. The molecular weight excluding hydrogens is 290 g/mol. The summed E-state index contributed by atoms with van der Waals surface area (Å²) in [6, 6.07) is 15.8. The van der Waals surface area contributed by atoms with E-state index in [1.807, 2.05) is 42.5 Å². The van der Waals surface area contributed by atoms with Crippen molar-refractivity contribution < 1.29 is 14.3 Å². The number of rotatable bonds is 4. The third-order valence-electron chi connectivity index (χ3n) is 3.93. The Morgan fingerprint density at radius 3 is 2.91 bits per heavy atom. The number of aryl methyl sites for hydroxylation is 2. The van der Waals surface area contributed by atoms with Gasteiger partial charge in [0.1, 0.15) is 18.5 Å². The number of hydrogen-bond donors (Lipinski definition) is 1. The molecule has 2 aromatic carbocycles. The van der Waals surface area contributed by atoms with Crippen molar-refractivity contribution in [2.24, 2.45) is 0 Å². The Balaban J connectivity index is 1.44. The predicted octanol–water partition coefficient (Wildman–Crippen LogP) is 3.62. The fourth-order valence-corrected chi connectivity index (χ4v) is 2.69. The summed E-state index contributed by atoms with van der Waals surface area (Å²) in [4.78, 5) is 11.8. The standard InChI is InChI=1S/C19H21NO3/c1-14-7-10-18-16(11-14)8-9-17(23-18)12-20-19(21)22-13-15-5-3-2-4-6-15/h2-7,10-11,17H,8-9,12-13H2,1H3,(H,20,21). The van der Waals surface area contributed by atoms with Crippen molar-refractivity contribution >= 4 is 6.09 Å². The number of hydrogen-bond acceptors (Lipinski definition) is 3. The number of alkyl carbamates (subject to hydrolysis) is 1. The first-order chi connectivity index (χ1) is 11.2. The molecule has 0 bridgehead atoms. The maximum atomic E-state index is 11.8. The van der Waals surface area contributed by atoms with Gasteiger partial charge in [-0.3, -0.25) is 0 Å². The van der Waals surface area contributed by atoms with Crippen LogP contribution in [0.1, 0.15) is 23.1 Å². The summed E-state index contributed by atoms with van der Waals surface area (Å²) >= 11 is 0. The third kappa shape index (κ3) is 4.25. The van der Waals surface area contributed by atoms with Crippen LogP contribution < -0.4 is 10.1 Å². The van der Waals surface area contributed by atoms with Gasteiger partial charge in [0.05, 0.1) is 6.54 Å². The van der Waals surface area contributed by atoms with E-state index in [2.05, 4.69) is 18.3 Å². The summed E-state index contributed by atoms with van der Waals surface area (Å²) in [6.45, 7) is 2.82. The summed E-state index contributed by atoms with van der Waals surface area (Å²) in [6.07, 6.45) is 1.46. The summed E-state index contributed by atoms with van der Waals surface area (Å²) in [5, 5.41) is 2.78. The van der Waals surface area contributed by atoms with Crippen LogP contribution in [0, 0.1) is 6.92 Å². The Morgan fingerprint density at radius 1 is 1.26 bits per heavy atom.